The third-order valence-corrected chi connectivity index (χ3v) is 6.11. The van der Waals surface area contributed by atoms with Gasteiger partial charge in [0.05, 0.1) is 17.3 Å². The molecule has 0 radical (unpaired) electrons. The number of aliphatic imine (C=N–C) groups is 2. The van der Waals surface area contributed by atoms with Crippen LogP contribution in [0.2, 0.25) is 0 Å². The summed E-state index contributed by atoms with van der Waals surface area (Å²) >= 11 is 0. The molecule has 0 bridgehead atoms. The minimum Gasteiger partial charge on any atom is -0.507 e. The number of phenols is 1. The average molecular weight is 524 g/mol. The van der Waals surface area contributed by atoms with Crippen LogP contribution in [-0.4, -0.2) is 30.0 Å². The number of nitriles is 1. The number of carbonyl (C=O) groups excluding carboxylic acids is 1. The highest BCUT2D eigenvalue weighted by molar-refractivity contribution is 7.24. The molecule has 0 aliphatic heterocycles. The first-order chi connectivity index (χ1) is 18.3. The van der Waals surface area contributed by atoms with Gasteiger partial charge in [-0.25, -0.2) is 0 Å². The smallest absolute Gasteiger partial charge is 0.255 e. The Morgan fingerprint density at radius 1 is 1.08 bits per heavy atom. The lowest BCUT2D eigenvalue weighted by Gasteiger charge is -2.11. The van der Waals surface area contributed by atoms with Gasteiger partial charge in [-0.3, -0.25) is 14.8 Å². The molecule has 7 nitrogen and oxygen atoms in total. The molecule has 1 unspecified atom stereocenters. The predicted octanol–water partition coefficient (Wildman–Crippen LogP) is 5.81. The third kappa shape index (κ3) is 7.99. The molecule has 0 spiro atoms. The molecule has 0 aliphatic carbocycles. The summed E-state index contributed by atoms with van der Waals surface area (Å²) in [6.07, 6.45) is 3.60. The number of rotatable bonds is 9. The first-order valence-corrected chi connectivity index (χ1v) is 12.5. The molecule has 1 atom stereocenters. The van der Waals surface area contributed by atoms with Crippen molar-refractivity contribution >= 4 is 32.8 Å². The number of benzene rings is 3. The highest BCUT2D eigenvalue weighted by Gasteiger charge is 2.09. The molecule has 3 aromatic carbocycles. The van der Waals surface area contributed by atoms with Gasteiger partial charge in [-0.1, -0.05) is 24.3 Å². The molecule has 0 fully saturated rings. The number of phenolic OH excluding ortho intramolecular Hbond substituents is 1. The van der Waals surface area contributed by atoms with Gasteiger partial charge in [0.1, 0.15) is 5.75 Å². The van der Waals surface area contributed by atoms with Crippen molar-refractivity contribution in [3.63, 3.8) is 0 Å². The van der Waals surface area contributed by atoms with E-state index in [2.05, 4.69) is 24.9 Å². The molecule has 8 heteroatoms. The van der Waals surface area contributed by atoms with E-state index >= 15 is 0 Å². The molecule has 0 aliphatic rings. The standard InChI is InChI=1S/C30H30N5O2P/c1-20(15-27(26-9-4-5-10-28(26)36)34-21(2)29(38)19-32-3)33-18-23-7-6-8-25(16-23)35-30(37)24-13-11-22(17-31)12-14-24/h4-16,19,33,36H,18,38H2,1-3H3,(H,35,37)/b20-15+,29-21-,32-19?,34-27+. The van der Waals surface area contributed by atoms with Crippen molar-refractivity contribution in [2.45, 2.75) is 20.4 Å². The summed E-state index contributed by atoms with van der Waals surface area (Å²) in [4.78, 5) is 21.4. The van der Waals surface area contributed by atoms with E-state index in [1.54, 1.807) is 49.7 Å². The molecule has 38 heavy (non-hydrogen) atoms. The second-order valence-electron chi connectivity index (χ2n) is 8.47. The van der Waals surface area contributed by atoms with Gasteiger partial charge in [-0.05, 0) is 74.0 Å². The van der Waals surface area contributed by atoms with Crippen LogP contribution >= 0.6 is 9.24 Å². The maximum Gasteiger partial charge on any atom is 0.255 e. The zero-order chi connectivity index (χ0) is 27.5. The Morgan fingerprint density at radius 2 is 1.82 bits per heavy atom. The molecular weight excluding hydrogens is 493 g/mol. The Bertz CT molecular complexity index is 1460. The van der Waals surface area contributed by atoms with Gasteiger partial charge in [0.25, 0.3) is 5.91 Å². The van der Waals surface area contributed by atoms with Crippen molar-refractivity contribution in [1.82, 2.24) is 5.32 Å². The number of carbonyl (C=O) groups is 1. The van der Waals surface area contributed by atoms with E-state index in [1.165, 1.54) is 0 Å². The largest absolute Gasteiger partial charge is 0.507 e. The lowest BCUT2D eigenvalue weighted by molar-refractivity contribution is 0.102. The predicted molar refractivity (Wildman–Crippen MR) is 158 cm³/mol. The third-order valence-electron chi connectivity index (χ3n) is 5.54. The van der Waals surface area contributed by atoms with E-state index in [0.29, 0.717) is 34.6 Å². The van der Waals surface area contributed by atoms with Crippen LogP contribution in [0, 0.1) is 11.3 Å². The topological polar surface area (TPSA) is 110 Å². The Balaban J connectivity index is 1.76. The quantitative estimate of drug-likeness (QED) is 0.243. The van der Waals surface area contributed by atoms with Gasteiger partial charge in [-0.2, -0.15) is 5.26 Å². The number of para-hydroxylation sites is 1. The number of hydrogen-bond acceptors (Lipinski definition) is 6. The Labute approximate surface area is 225 Å². The molecule has 1 amide bonds. The van der Waals surface area contributed by atoms with Gasteiger partial charge in [-0.15, -0.1) is 9.24 Å². The summed E-state index contributed by atoms with van der Waals surface area (Å²) in [5.74, 6) is -0.104. The van der Waals surface area contributed by atoms with Crippen LogP contribution in [0.25, 0.3) is 0 Å². The fourth-order valence-corrected chi connectivity index (χ4v) is 3.71. The van der Waals surface area contributed by atoms with Crippen molar-refractivity contribution < 1.29 is 9.90 Å². The molecule has 0 aromatic heterocycles. The van der Waals surface area contributed by atoms with E-state index in [9.17, 15) is 9.90 Å². The second-order valence-corrected chi connectivity index (χ2v) is 9.09. The van der Waals surface area contributed by atoms with Crippen LogP contribution in [0.1, 0.15) is 40.9 Å². The number of hydrogen-bond donors (Lipinski definition) is 3. The van der Waals surface area contributed by atoms with E-state index in [0.717, 1.165) is 22.3 Å². The molecule has 3 rings (SSSR count). The monoisotopic (exact) mass is 523 g/mol. The van der Waals surface area contributed by atoms with Gasteiger partial charge in [0.15, 0.2) is 0 Å². The number of allylic oxidation sites excluding steroid dienone is 4. The van der Waals surface area contributed by atoms with Crippen molar-refractivity contribution in [3.05, 3.63) is 118 Å². The lowest BCUT2D eigenvalue weighted by Crippen LogP contribution is -2.14. The highest BCUT2D eigenvalue weighted by Crippen LogP contribution is 2.21. The molecular formula is C30H30N5O2P. The highest BCUT2D eigenvalue weighted by atomic mass is 31.0. The van der Waals surface area contributed by atoms with Crippen molar-refractivity contribution in [1.29, 1.82) is 5.26 Å². The van der Waals surface area contributed by atoms with Crippen LogP contribution in [0.5, 0.6) is 5.75 Å². The minimum atomic E-state index is -0.246. The summed E-state index contributed by atoms with van der Waals surface area (Å²) in [6, 6.07) is 23.2. The fourth-order valence-electron chi connectivity index (χ4n) is 3.49. The average Bonchev–Trinajstić information content (AvgIpc) is 2.92. The summed E-state index contributed by atoms with van der Waals surface area (Å²) < 4.78 is 0. The first kappa shape index (κ1) is 28.0. The molecule has 192 valence electrons. The zero-order valence-electron chi connectivity index (χ0n) is 21.6. The van der Waals surface area contributed by atoms with E-state index in [1.807, 2.05) is 62.4 Å². The zero-order valence-corrected chi connectivity index (χ0v) is 22.7. The van der Waals surface area contributed by atoms with Gasteiger partial charge >= 0.3 is 0 Å². The van der Waals surface area contributed by atoms with Crippen molar-refractivity contribution in [2.75, 3.05) is 12.4 Å². The van der Waals surface area contributed by atoms with Crippen LogP contribution in [-0.2, 0) is 6.54 Å². The lowest BCUT2D eigenvalue weighted by atomic mass is 10.1. The van der Waals surface area contributed by atoms with Crippen molar-refractivity contribution in [3.8, 4) is 11.8 Å². The van der Waals surface area contributed by atoms with E-state index in [4.69, 9.17) is 10.3 Å². The summed E-state index contributed by atoms with van der Waals surface area (Å²) in [5.41, 5.74) is 5.45. The summed E-state index contributed by atoms with van der Waals surface area (Å²) in [5, 5.41) is 26.5. The molecule has 3 aromatic rings. The Morgan fingerprint density at radius 3 is 2.50 bits per heavy atom. The van der Waals surface area contributed by atoms with Crippen LogP contribution in [0.3, 0.4) is 0 Å². The van der Waals surface area contributed by atoms with Crippen molar-refractivity contribution in [2.24, 2.45) is 9.98 Å². The van der Waals surface area contributed by atoms with Gasteiger partial charge in [0, 0.05) is 53.3 Å². The fraction of sp³-hybridized carbons (Fsp3) is 0.133. The minimum absolute atomic E-state index is 0.142. The van der Waals surface area contributed by atoms with E-state index < -0.39 is 0 Å². The summed E-state index contributed by atoms with van der Waals surface area (Å²) in [7, 11) is 4.32. The second kappa shape index (κ2) is 13.7. The van der Waals surface area contributed by atoms with Crippen LogP contribution < -0.4 is 10.6 Å². The number of amides is 1. The number of nitrogens with zero attached hydrogens (tertiary/aromatic N) is 3. The maximum absolute atomic E-state index is 12.6. The normalized spacial score (nSPS) is 12.6. The molecule has 0 heterocycles. The number of nitrogens with one attached hydrogen (secondary N) is 2. The van der Waals surface area contributed by atoms with Crippen LogP contribution in [0.4, 0.5) is 5.69 Å². The first-order valence-electron chi connectivity index (χ1n) is 11.9. The molecule has 0 saturated carbocycles. The number of aromatic hydroxyl groups is 1. The van der Waals surface area contributed by atoms with Gasteiger partial charge < -0.3 is 15.7 Å². The SMILES string of the molecule is CN=C/C(P)=C(C)/N=C(\C=C(/C)NCc1cccc(NC(=O)c2ccc(C#N)cc2)c1)c1ccccc1O. The molecule has 0 saturated heterocycles. The van der Waals surface area contributed by atoms with Crippen LogP contribution in [0.15, 0.2) is 106 Å². The summed E-state index contributed by atoms with van der Waals surface area (Å²) in [6.45, 7) is 4.33. The molecule has 3 N–H and O–H groups in total. The van der Waals surface area contributed by atoms with E-state index in [-0.39, 0.29) is 11.7 Å². The van der Waals surface area contributed by atoms with Gasteiger partial charge in [0.2, 0.25) is 0 Å². The Hall–Kier alpha value is -4.53. The maximum atomic E-state index is 12.6. The Kier molecular flexibility index (Phi) is 10.1. The number of anilines is 1.